The van der Waals surface area contributed by atoms with Crippen molar-refractivity contribution < 1.29 is 4.21 Å². The predicted molar refractivity (Wildman–Crippen MR) is 77.9 cm³/mol. The summed E-state index contributed by atoms with van der Waals surface area (Å²) in [7, 11) is 0. The van der Waals surface area contributed by atoms with Crippen LogP contribution < -0.4 is 0 Å². The standard InChI is InChI=1S/C14H17N2OS2/c1-2-3-4-5-6-7-13(19-17)14-11(9-15)8-12(10-16)18-14/h8,13H,2-7H2,1H3/q+1. The Hall–Kier alpha value is -1.30. The van der Waals surface area contributed by atoms with Crippen molar-refractivity contribution in [2.24, 2.45) is 0 Å². The number of rotatable bonds is 8. The molecular formula is C14H17N2OS2+. The van der Waals surface area contributed by atoms with Crippen LogP contribution in [-0.4, -0.2) is 0 Å². The number of thiophene rings is 1. The van der Waals surface area contributed by atoms with Crippen LogP contribution in [-0.2, 0) is 15.9 Å². The number of hydrogen-bond acceptors (Lipinski definition) is 4. The second-order valence-electron chi connectivity index (χ2n) is 4.40. The minimum absolute atomic E-state index is 0.191. The van der Waals surface area contributed by atoms with Crippen molar-refractivity contribution >= 4 is 23.0 Å². The molecule has 100 valence electrons. The van der Waals surface area contributed by atoms with Crippen molar-refractivity contribution in [3.05, 3.63) is 21.4 Å². The molecule has 0 aromatic carbocycles. The van der Waals surface area contributed by atoms with Crippen LogP contribution in [0.2, 0.25) is 0 Å². The molecule has 1 heterocycles. The van der Waals surface area contributed by atoms with Gasteiger partial charge in [0.1, 0.15) is 17.0 Å². The average molecular weight is 293 g/mol. The fourth-order valence-corrected chi connectivity index (χ4v) is 3.61. The van der Waals surface area contributed by atoms with E-state index < -0.39 is 0 Å². The molecule has 0 saturated heterocycles. The van der Waals surface area contributed by atoms with Gasteiger partial charge in [0.25, 0.3) is 5.25 Å². The first kappa shape index (κ1) is 15.8. The molecule has 1 unspecified atom stereocenters. The Balaban J connectivity index is 2.65. The third kappa shape index (κ3) is 4.70. The van der Waals surface area contributed by atoms with Gasteiger partial charge < -0.3 is 0 Å². The summed E-state index contributed by atoms with van der Waals surface area (Å²) in [5.41, 5.74) is 0.489. The van der Waals surface area contributed by atoms with Gasteiger partial charge in [-0.3, -0.25) is 0 Å². The lowest BCUT2D eigenvalue weighted by Crippen LogP contribution is -1.96. The van der Waals surface area contributed by atoms with Gasteiger partial charge in [0.2, 0.25) is 0 Å². The molecule has 1 aromatic rings. The van der Waals surface area contributed by atoms with Crippen molar-refractivity contribution in [3.63, 3.8) is 0 Å². The van der Waals surface area contributed by atoms with Gasteiger partial charge in [-0.2, -0.15) is 10.5 Å². The van der Waals surface area contributed by atoms with E-state index >= 15 is 0 Å². The molecule has 0 aliphatic carbocycles. The first-order valence-corrected chi connectivity index (χ1v) is 8.11. The van der Waals surface area contributed by atoms with Gasteiger partial charge in [0.15, 0.2) is 0 Å². The SMILES string of the molecule is CCCCCCCC([S+]=O)c1sc(C#N)cc1C#N. The van der Waals surface area contributed by atoms with E-state index in [1.807, 2.05) is 6.07 Å². The molecule has 0 aliphatic heterocycles. The van der Waals surface area contributed by atoms with E-state index in [0.717, 1.165) is 24.1 Å². The van der Waals surface area contributed by atoms with Crippen molar-refractivity contribution in [2.75, 3.05) is 0 Å². The van der Waals surface area contributed by atoms with E-state index in [0.29, 0.717) is 22.1 Å². The maximum atomic E-state index is 11.2. The molecule has 0 aliphatic rings. The topological polar surface area (TPSA) is 64.7 Å². The van der Waals surface area contributed by atoms with Crippen molar-refractivity contribution in [1.82, 2.24) is 0 Å². The minimum atomic E-state index is -0.191. The molecule has 0 bridgehead atoms. The molecule has 1 rings (SSSR count). The smallest absolute Gasteiger partial charge is 0.192 e. The van der Waals surface area contributed by atoms with E-state index in [1.165, 1.54) is 30.6 Å². The lowest BCUT2D eigenvalue weighted by Gasteiger charge is -2.00. The zero-order valence-electron chi connectivity index (χ0n) is 11.0. The van der Waals surface area contributed by atoms with Crippen molar-refractivity contribution in [1.29, 1.82) is 10.5 Å². The molecule has 0 N–H and O–H groups in total. The largest absolute Gasteiger partial charge is 0.468 e. The van der Waals surface area contributed by atoms with Gasteiger partial charge in [-0.15, -0.1) is 11.3 Å². The second-order valence-corrected chi connectivity index (χ2v) is 6.25. The lowest BCUT2D eigenvalue weighted by atomic mass is 10.1. The Labute approximate surface area is 122 Å². The predicted octanol–water partition coefficient (Wildman–Crippen LogP) is 4.32. The van der Waals surface area contributed by atoms with Gasteiger partial charge in [-0.25, -0.2) is 0 Å². The first-order chi connectivity index (χ1) is 9.26. The summed E-state index contributed by atoms with van der Waals surface area (Å²) in [4.78, 5) is 1.28. The fraction of sp³-hybridized carbons (Fsp3) is 0.571. The Morgan fingerprint density at radius 2 is 2.00 bits per heavy atom. The zero-order chi connectivity index (χ0) is 14.1. The highest BCUT2D eigenvalue weighted by molar-refractivity contribution is 7.66. The summed E-state index contributed by atoms with van der Waals surface area (Å²) < 4.78 is 11.2. The second kappa shape index (κ2) is 8.74. The molecule has 0 fully saturated rings. The highest BCUT2D eigenvalue weighted by Crippen LogP contribution is 2.32. The minimum Gasteiger partial charge on any atom is -0.192 e. The normalized spacial score (nSPS) is 11.5. The highest BCUT2D eigenvalue weighted by atomic mass is 32.1. The summed E-state index contributed by atoms with van der Waals surface area (Å²) in [5, 5.41) is 17.7. The summed E-state index contributed by atoms with van der Waals surface area (Å²) in [5.74, 6) is 0. The highest BCUT2D eigenvalue weighted by Gasteiger charge is 2.29. The van der Waals surface area contributed by atoms with E-state index in [2.05, 4.69) is 13.0 Å². The van der Waals surface area contributed by atoms with Crippen LogP contribution in [0, 0.1) is 22.7 Å². The lowest BCUT2D eigenvalue weighted by molar-refractivity contribution is 0.578. The molecule has 0 amide bonds. The number of nitrogens with zero attached hydrogens (tertiary/aromatic N) is 2. The maximum absolute atomic E-state index is 11.2. The van der Waals surface area contributed by atoms with Crippen molar-refractivity contribution in [3.8, 4) is 12.1 Å². The Bertz CT molecular complexity index is 497. The summed E-state index contributed by atoms with van der Waals surface area (Å²) in [6.07, 6.45) is 6.56. The molecule has 5 heteroatoms. The van der Waals surface area contributed by atoms with Gasteiger partial charge in [0, 0.05) is 10.6 Å². The number of hydrogen-bond donors (Lipinski definition) is 0. The third-order valence-electron chi connectivity index (χ3n) is 2.97. The molecule has 0 spiro atoms. The van der Waals surface area contributed by atoms with E-state index in [-0.39, 0.29) is 5.25 Å². The van der Waals surface area contributed by atoms with Crippen LogP contribution >= 0.6 is 11.3 Å². The van der Waals surface area contributed by atoms with Crippen LogP contribution in [0.1, 0.15) is 66.0 Å². The van der Waals surface area contributed by atoms with E-state index in [4.69, 9.17) is 10.5 Å². The number of unbranched alkanes of at least 4 members (excludes halogenated alkanes) is 4. The molecule has 0 saturated carbocycles. The molecule has 0 radical (unpaired) electrons. The van der Waals surface area contributed by atoms with Crippen LogP contribution in [0.25, 0.3) is 0 Å². The third-order valence-corrected chi connectivity index (χ3v) is 4.98. The molecule has 1 atom stereocenters. The first-order valence-electron chi connectivity index (χ1n) is 6.49. The summed E-state index contributed by atoms with van der Waals surface area (Å²) in [6.45, 7) is 2.17. The number of nitriles is 2. The zero-order valence-corrected chi connectivity index (χ0v) is 12.6. The molecular weight excluding hydrogens is 276 g/mol. The van der Waals surface area contributed by atoms with Gasteiger partial charge >= 0.3 is 11.7 Å². The maximum Gasteiger partial charge on any atom is 0.468 e. The molecule has 3 nitrogen and oxygen atoms in total. The average Bonchev–Trinajstić information content (AvgIpc) is 2.86. The Kier molecular flexibility index (Phi) is 7.25. The Morgan fingerprint density at radius 3 is 2.58 bits per heavy atom. The summed E-state index contributed by atoms with van der Waals surface area (Å²) in [6, 6.07) is 5.71. The monoisotopic (exact) mass is 293 g/mol. The van der Waals surface area contributed by atoms with Gasteiger partial charge in [-0.1, -0.05) is 32.6 Å². The molecule has 1 aromatic heterocycles. The summed E-state index contributed by atoms with van der Waals surface area (Å²) >= 11 is 1.82. The van der Waals surface area contributed by atoms with E-state index in [1.54, 1.807) is 6.07 Å². The van der Waals surface area contributed by atoms with E-state index in [9.17, 15) is 4.21 Å². The molecule has 19 heavy (non-hydrogen) atoms. The van der Waals surface area contributed by atoms with Gasteiger partial charge in [-0.05, 0) is 12.5 Å². The Morgan fingerprint density at radius 1 is 1.26 bits per heavy atom. The van der Waals surface area contributed by atoms with Crippen LogP contribution in [0.4, 0.5) is 0 Å². The quantitative estimate of drug-likeness (QED) is 0.529. The van der Waals surface area contributed by atoms with Crippen LogP contribution in [0.15, 0.2) is 6.07 Å². The van der Waals surface area contributed by atoms with Crippen molar-refractivity contribution in [2.45, 2.75) is 50.7 Å². The van der Waals surface area contributed by atoms with Gasteiger partial charge in [0.05, 0.1) is 10.4 Å². The fourth-order valence-electron chi connectivity index (χ4n) is 1.94. The van der Waals surface area contributed by atoms with Crippen LogP contribution in [0.3, 0.4) is 0 Å². The van der Waals surface area contributed by atoms with Crippen LogP contribution in [0.5, 0.6) is 0 Å².